The van der Waals surface area contributed by atoms with Crippen LogP contribution in [0.5, 0.6) is 11.5 Å². The molecule has 37 heavy (non-hydrogen) atoms. The first-order chi connectivity index (χ1) is 17.9. The Labute approximate surface area is 218 Å². The number of aromatic nitrogens is 2. The van der Waals surface area contributed by atoms with Gasteiger partial charge in [-0.25, -0.2) is 8.78 Å². The van der Waals surface area contributed by atoms with Gasteiger partial charge in [-0.3, -0.25) is 9.69 Å². The average Bonchev–Trinajstić information content (AvgIpc) is 3.31. The number of hydrogen-bond donors (Lipinski definition) is 3. The van der Waals surface area contributed by atoms with Crippen molar-refractivity contribution in [2.24, 2.45) is 7.05 Å². The van der Waals surface area contributed by atoms with Gasteiger partial charge in [0.15, 0.2) is 11.6 Å². The lowest BCUT2D eigenvalue weighted by Crippen LogP contribution is -2.42. The summed E-state index contributed by atoms with van der Waals surface area (Å²) in [6.45, 7) is 6.49. The zero-order valence-corrected chi connectivity index (χ0v) is 21.6. The SMILES string of the molecule is CCSNc1ccc(Oc2ccc(F)cc2F)c(-c2cn(C)c(=O)c3cc(CN4CCNCC4)[nH]c23)c1. The second kappa shape index (κ2) is 11.0. The Balaban J connectivity index is 1.62. The van der Waals surface area contributed by atoms with Crippen LogP contribution in [0.25, 0.3) is 22.0 Å². The molecular weight excluding hydrogens is 496 g/mol. The van der Waals surface area contributed by atoms with Crippen molar-refractivity contribution >= 4 is 28.5 Å². The molecule has 0 amide bonds. The summed E-state index contributed by atoms with van der Waals surface area (Å²) >= 11 is 1.55. The topological polar surface area (TPSA) is 74.3 Å². The fraction of sp³-hybridized carbons (Fsp3) is 0.296. The quantitative estimate of drug-likeness (QED) is 0.279. The Morgan fingerprint density at radius 2 is 1.84 bits per heavy atom. The molecule has 194 valence electrons. The Bertz CT molecular complexity index is 1480. The minimum absolute atomic E-state index is 0.0850. The number of hydrogen-bond acceptors (Lipinski definition) is 6. The van der Waals surface area contributed by atoms with Crippen LogP contribution in [0.3, 0.4) is 0 Å². The maximum atomic E-state index is 14.5. The Kier molecular flexibility index (Phi) is 7.50. The molecule has 3 heterocycles. The number of nitrogens with zero attached hydrogens (tertiary/aromatic N) is 2. The summed E-state index contributed by atoms with van der Waals surface area (Å²) in [5.74, 6) is -0.304. The number of nitrogens with one attached hydrogen (secondary N) is 3. The first kappa shape index (κ1) is 25.3. The molecule has 4 aromatic rings. The number of fused-ring (bicyclic) bond motifs is 1. The lowest BCUT2D eigenvalue weighted by atomic mass is 10.0. The molecule has 7 nitrogen and oxygen atoms in total. The van der Waals surface area contributed by atoms with Gasteiger partial charge in [-0.2, -0.15) is 0 Å². The molecule has 0 radical (unpaired) electrons. The monoisotopic (exact) mass is 525 g/mol. The van der Waals surface area contributed by atoms with Gasteiger partial charge in [0.1, 0.15) is 11.6 Å². The van der Waals surface area contributed by atoms with Crippen molar-refractivity contribution in [3.8, 4) is 22.6 Å². The molecule has 2 aromatic heterocycles. The summed E-state index contributed by atoms with van der Waals surface area (Å²) in [6, 6.07) is 10.6. The van der Waals surface area contributed by atoms with Gasteiger partial charge < -0.3 is 24.3 Å². The van der Waals surface area contributed by atoms with Crippen molar-refractivity contribution < 1.29 is 13.5 Å². The smallest absolute Gasteiger partial charge is 0.259 e. The van der Waals surface area contributed by atoms with Crippen molar-refractivity contribution in [2.75, 3.05) is 36.7 Å². The number of pyridine rings is 1. The average molecular weight is 526 g/mol. The molecule has 10 heteroatoms. The normalized spacial score (nSPS) is 14.3. The summed E-state index contributed by atoms with van der Waals surface area (Å²) in [6.07, 6.45) is 1.76. The standard InChI is InChI=1S/C27H29F2N5O2S/c1-3-37-32-18-5-7-24(36-25-6-4-17(28)12-23(25)29)20(13-18)22-16-33(2)27(35)21-14-19(31-26(21)22)15-34-10-8-30-9-11-34/h4-7,12-14,16,30-32H,3,8-11,15H2,1-2H3. The van der Waals surface area contributed by atoms with Gasteiger partial charge in [-0.1, -0.05) is 18.9 Å². The lowest BCUT2D eigenvalue weighted by molar-refractivity contribution is 0.231. The van der Waals surface area contributed by atoms with E-state index in [-0.39, 0.29) is 11.3 Å². The van der Waals surface area contributed by atoms with E-state index in [9.17, 15) is 13.6 Å². The number of H-pyrrole nitrogens is 1. The molecule has 0 spiro atoms. The molecule has 0 bridgehead atoms. The molecule has 2 aromatic carbocycles. The Hall–Kier alpha value is -3.34. The summed E-state index contributed by atoms with van der Waals surface area (Å²) in [5, 5.41) is 3.93. The number of aryl methyl sites for hydroxylation is 1. The maximum Gasteiger partial charge on any atom is 0.259 e. The largest absolute Gasteiger partial charge is 0.454 e. The van der Waals surface area contributed by atoms with Gasteiger partial charge in [0, 0.05) is 80.3 Å². The third kappa shape index (κ3) is 5.51. The van der Waals surface area contributed by atoms with E-state index >= 15 is 0 Å². The highest BCUT2D eigenvalue weighted by atomic mass is 32.2. The van der Waals surface area contributed by atoms with Crippen LogP contribution in [0.1, 0.15) is 12.6 Å². The van der Waals surface area contributed by atoms with E-state index in [0.29, 0.717) is 28.8 Å². The van der Waals surface area contributed by atoms with Crippen molar-refractivity contribution in [1.29, 1.82) is 0 Å². The molecule has 1 saturated heterocycles. The van der Waals surface area contributed by atoms with Crippen LogP contribution in [0.2, 0.25) is 0 Å². The van der Waals surface area contributed by atoms with Crippen molar-refractivity contribution in [1.82, 2.24) is 19.8 Å². The molecule has 0 saturated carbocycles. The summed E-state index contributed by atoms with van der Waals surface area (Å²) < 4.78 is 38.8. The van der Waals surface area contributed by atoms with Crippen LogP contribution < -0.4 is 20.3 Å². The van der Waals surface area contributed by atoms with Crippen LogP contribution in [-0.2, 0) is 13.6 Å². The van der Waals surface area contributed by atoms with Crippen LogP contribution >= 0.6 is 11.9 Å². The first-order valence-corrected chi connectivity index (χ1v) is 13.2. The van der Waals surface area contributed by atoms with Crippen LogP contribution in [-0.4, -0.2) is 46.4 Å². The molecule has 1 fully saturated rings. The third-order valence-corrected chi connectivity index (χ3v) is 7.01. The number of rotatable bonds is 8. The summed E-state index contributed by atoms with van der Waals surface area (Å²) in [5.41, 5.74) is 3.78. The van der Waals surface area contributed by atoms with Crippen molar-refractivity contribution in [3.05, 3.63) is 76.3 Å². The Morgan fingerprint density at radius 1 is 1.05 bits per heavy atom. The zero-order valence-electron chi connectivity index (χ0n) is 20.7. The predicted molar refractivity (Wildman–Crippen MR) is 145 cm³/mol. The van der Waals surface area contributed by atoms with E-state index in [1.807, 2.05) is 25.1 Å². The van der Waals surface area contributed by atoms with E-state index in [0.717, 1.165) is 61.0 Å². The van der Waals surface area contributed by atoms with Gasteiger partial charge >= 0.3 is 0 Å². The highest BCUT2D eigenvalue weighted by molar-refractivity contribution is 8.00. The van der Waals surface area contributed by atoms with Gasteiger partial charge in [0.05, 0.1) is 10.9 Å². The number of anilines is 1. The van der Waals surface area contributed by atoms with Gasteiger partial charge in [0.25, 0.3) is 5.56 Å². The van der Waals surface area contributed by atoms with E-state index in [2.05, 4.69) is 19.9 Å². The van der Waals surface area contributed by atoms with Crippen LogP contribution in [0.15, 0.2) is 53.5 Å². The molecular formula is C27H29F2N5O2S. The molecule has 3 N–H and O–H groups in total. The first-order valence-electron chi connectivity index (χ1n) is 12.2. The van der Waals surface area contributed by atoms with E-state index in [4.69, 9.17) is 4.74 Å². The second-order valence-electron chi connectivity index (χ2n) is 8.99. The fourth-order valence-corrected chi connectivity index (χ4v) is 4.96. The van der Waals surface area contributed by atoms with Crippen LogP contribution in [0.4, 0.5) is 14.5 Å². The minimum atomic E-state index is -0.793. The third-order valence-electron chi connectivity index (χ3n) is 6.34. The minimum Gasteiger partial charge on any atom is -0.454 e. The number of halogens is 2. The number of benzene rings is 2. The number of ether oxygens (including phenoxy) is 1. The molecule has 0 aliphatic carbocycles. The highest BCUT2D eigenvalue weighted by Crippen LogP contribution is 2.39. The number of piperazine rings is 1. The second-order valence-corrected chi connectivity index (χ2v) is 10.1. The summed E-state index contributed by atoms with van der Waals surface area (Å²) in [4.78, 5) is 18.9. The van der Waals surface area contributed by atoms with Crippen LogP contribution in [0, 0.1) is 11.6 Å². The summed E-state index contributed by atoms with van der Waals surface area (Å²) in [7, 11) is 1.71. The maximum absolute atomic E-state index is 14.5. The van der Waals surface area contributed by atoms with E-state index < -0.39 is 11.6 Å². The fourth-order valence-electron chi connectivity index (χ4n) is 4.52. The lowest BCUT2D eigenvalue weighted by Gasteiger charge is -2.26. The van der Waals surface area contributed by atoms with Gasteiger partial charge in [0.2, 0.25) is 0 Å². The van der Waals surface area contributed by atoms with Gasteiger partial charge in [-0.05, 0) is 36.4 Å². The van der Waals surface area contributed by atoms with Crippen molar-refractivity contribution in [2.45, 2.75) is 13.5 Å². The van der Waals surface area contributed by atoms with E-state index in [1.165, 1.54) is 6.07 Å². The van der Waals surface area contributed by atoms with Crippen molar-refractivity contribution in [3.63, 3.8) is 0 Å². The molecule has 0 atom stereocenters. The molecule has 1 aliphatic rings. The van der Waals surface area contributed by atoms with Gasteiger partial charge in [-0.15, -0.1) is 0 Å². The number of aromatic amines is 1. The molecule has 0 unspecified atom stereocenters. The van der Waals surface area contributed by atoms with E-state index in [1.54, 1.807) is 35.8 Å². The molecule has 1 aliphatic heterocycles. The molecule has 5 rings (SSSR count). The predicted octanol–water partition coefficient (Wildman–Crippen LogP) is 5.09. The zero-order chi connectivity index (χ0) is 25.9. The highest BCUT2D eigenvalue weighted by Gasteiger charge is 2.19. The Morgan fingerprint density at radius 3 is 2.59 bits per heavy atom.